The Labute approximate surface area is 192 Å². The zero-order valence-electron chi connectivity index (χ0n) is 17.4. The molecule has 2 heterocycles. The van der Waals surface area contributed by atoms with Gasteiger partial charge in [-0.2, -0.15) is 5.26 Å². The van der Waals surface area contributed by atoms with Crippen molar-refractivity contribution in [3.8, 4) is 11.8 Å². The summed E-state index contributed by atoms with van der Waals surface area (Å²) in [6.45, 7) is 0. The van der Waals surface area contributed by atoms with Crippen LogP contribution in [0.1, 0.15) is 39.3 Å². The van der Waals surface area contributed by atoms with Gasteiger partial charge in [0.1, 0.15) is 16.6 Å². The van der Waals surface area contributed by atoms with E-state index in [1.54, 1.807) is 35.0 Å². The van der Waals surface area contributed by atoms with E-state index in [0.717, 1.165) is 36.1 Å². The smallest absolute Gasteiger partial charge is 0.269 e. The van der Waals surface area contributed by atoms with E-state index in [1.807, 2.05) is 6.07 Å². The van der Waals surface area contributed by atoms with Crippen LogP contribution in [0.5, 0.6) is 0 Å². The number of nitro groups is 1. The summed E-state index contributed by atoms with van der Waals surface area (Å²) in [5.41, 5.74) is 7.78. The number of anilines is 1. The van der Waals surface area contributed by atoms with Crippen molar-refractivity contribution in [3.63, 3.8) is 0 Å². The lowest BCUT2D eigenvalue weighted by Crippen LogP contribution is -2.19. The molecule has 9 nitrogen and oxygen atoms in total. The molecule has 0 saturated carbocycles. The van der Waals surface area contributed by atoms with Crippen LogP contribution in [0.3, 0.4) is 0 Å². The summed E-state index contributed by atoms with van der Waals surface area (Å²) in [5.74, 6) is -1.24. The van der Waals surface area contributed by atoms with Crippen LogP contribution < -0.4 is 11.1 Å². The Balaban J connectivity index is 1.63. The number of rotatable bonds is 6. The lowest BCUT2D eigenvalue weighted by atomic mass is 9.95. The number of nitrogens with zero attached hydrogens (tertiary/aromatic N) is 3. The van der Waals surface area contributed by atoms with E-state index in [4.69, 9.17) is 5.73 Å². The highest BCUT2D eigenvalue weighted by molar-refractivity contribution is 7.17. The second kappa shape index (κ2) is 9.10. The van der Waals surface area contributed by atoms with Crippen molar-refractivity contribution in [2.24, 2.45) is 5.73 Å². The molecule has 1 aliphatic rings. The summed E-state index contributed by atoms with van der Waals surface area (Å²) in [5, 5.41) is 23.6. The van der Waals surface area contributed by atoms with Gasteiger partial charge in [-0.3, -0.25) is 19.7 Å². The monoisotopic (exact) mass is 461 g/mol. The Morgan fingerprint density at radius 2 is 1.94 bits per heavy atom. The molecule has 33 heavy (non-hydrogen) atoms. The Hall–Kier alpha value is -4.23. The average molecular weight is 462 g/mol. The van der Waals surface area contributed by atoms with Crippen LogP contribution in [0.15, 0.2) is 48.2 Å². The fraction of sp³-hybridized carbons (Fsp3) is 0.174. The normalized spacial score (nSPS) is 13.1. The van der Waals surface area contributed by atoms with E-state index in [0.29, 0.717) is 21.9 Å². The van der Waals surface area contributed by atoms with E-state index in [-0.39, 0.29) is 11.3 Å². The lowest BCUT2D eigenvalue weighted by Gasteiger charge is -2.11. The Morgan fingerprint density at radius 1 is 1.21 bits per heavy atom. The number of nitriles is 1. The molecule has 0 atom stereocenters. The van der Waals surface area contributed by atoms with Crippen molar-refractivity contribution in [1.82, 2.24) is 4.57 Å². The minimum atomic E-state index is -0.643. The number of amides is 2. The number of benzene rings is 1. The first-order valence-electron chi connectivity index (χ1n) is 10.2. The first-order chi connectivity index (χ1) is 15.9. The molecule has 0 saturated heterocycles. The van der Waals surface area contributed by atoms with E-state index < -0.39 is 16.7 Å². The lowest BCUT2D eigenvalue weighted by molar-refractivity contribution is -0.384. The number of thiophene rings is 1. The molecule has 1 aromatic carbocycles. The number of fused-ring (bicyclic) bond motifs is 1. The Bertz CT molecular complexity index is 1330. The summed E-state index contributed by atoms with van der Waals surface area (Å²) in [4.78, 5) is 36.4. The third-order valence-corrected chi connectivity index (χ3v) is 6.63. The van der Waals surface area contributed by atoms with Gasteiger partial charge in [0.05, 0.1) is 10.5 Å². The molecule has 2 amide bonds. The minimum absolute atomic E-state index is 0.0380. The van der Waals surface area contributed by atoms with Crippen LogP contribution in [-0.4, -0.2) is 21.3 Å². The van der Waals surface area contributed by atoms with Gasteiger partial charge < -0.3 is 15.6 Å². The van der Waals surface area contributed by atoms with Crippen LogP contribution in [0.4, 0.5) is 10.7 Å². The minimum Gasteiger partial charge on any atom is -0.365 e. The summed E-state index contributed by atoms with van der Waals surface area (Å²) in [7, 11) is 0. The third-order valence-electron chi connectivity index (χ3n) is 5.42. The third kappa shape index (κ3) is 4.40. The van der Waals surface area contributed by atoms with Crippen LogP contribution in [0.25, 0.3) is 11.8 Å². The van der Waals surface area contributed by atoms with E-state index >= 15 is 0 Å². The number of aryl methyl sites for hydroxylation is 1. The topological polar surface area (TPSA) is 144 Å². The van der Waals surface area contributed by atoms with E-state index in [1.165, 1.54) is 29.5 Å². The van der Waals surface area contributed by atoms with Gasteiger partial charge >= 0.3 is 0 Å². The molecule has 0 radical (unpaired) electrons. The van der Waals surface area contributed by atoms with E-state index in [9.17, 15) is 25.0 Å². The Kier molecular flexibility index (Phi) is 6.06. The van der Waals surface area contributed by atoms with Crippen LogP contribution >= 0.6 is 11.3 Å². The number of aromatic nitrogens is 1. The number of carbonyl (C=O) groups is 2. The average Bonchev–Trinajstić information content (AvgIpc) is 3.41. The maximum atomic E-state index is 12.9. The van der Waals surface area contributed by atoms with Gasteiger partial charge in [-0.1, -0.05) is 0 Å². The van der Waals surface area contributed by atoms with Gasteiger partial charge in [0.2, 0.25) is 0 Å². The van der Waals surface area contributed by atoms with Crippen molar-refractivity contribution in [2.45, 2.75) is 25.7 Å². The highest BCUT2D eigenvalue weighted by Crippen LogP contribution is 2.38. The summed E-state index contributed by atoms with van der Waals surface area (Å²) in [6.07, 6.45) is 6.69. The number of non-ortho nitro benzene ring substituents is 1. The second-order valence-corrected chi connectivity index (χ2v) is 8.58. The number of nitrogens with one attached hydrogen (secondary N) is 1. The molecule has 10 heteroatoms. The van der Waals surface area contributed by atoms with Crippen LogP contribution in [-0.2, 0) is 17.6 Å². The van der Waals surface area contributed by atoms with E-state index in [2.05, 4.69) is 5.32 Å². The van der Waals surface area contributed by atoms with Gasteiger partial charge in [-0.25, -0.2) is 0 Å². The predicted octanol–water partition coefficient (Wildman–Crippen LogP) is 3.97. The van der Waals surface area contributed by atoms with Crippen molar-refractivity contribution in [1.29, 1.82) is 5.26 Å². The fourth-order valence-electron chi connectivity index (χ4n) is 3.86. The number of hydrogen-bond donors (Lipinski definition) is 2. The van der Waals surface area contributed by atoms with Gasteiger partial charge in [0.25, 0.3) is 17.5 Å². The number of carbonyl (C=O) groups excluding carboxylic acids is 2. The van der Waals surface area contributed by atoms with Gasteiger partial charge in [0.15, 0.2) is 0 Å². The molecule has 166 valence electrons. The molecule has 4 rings (SSSR count). The number of nitro benzene ring substituents is 1. The molecule has 1 aliphatic carbocycles. The molecular weight excluding hydrogens is 442 g/mol. The number of primary amides is 1. The van der Waals surface area contributed by atoms with Crippen LogP contribution in [0, 0.1) is 21.4 Å². The first-order valence-corrected chi connectivity index (χ1v) is 11.0. The molecule has 0 spiro atoms. The fourth-order valence-corrected chi connectivity index (χ4v) is 5.15. The molecule has 0 unspecified atom stereocenters. The quantitative estimate of drug-likeness (QED) is 0.247. The largest absolute Gasteiger partial charge is 0.365 e. The highest BCUT2D eigenvalue weighted by atomic mass is 32.1. The summed E-state index contributed by atoms with van der Waals surface area (Å²) in [6, 6.07) is 11.3. The van der Waals surface area contributed by atoms with Gasteiger partial charge in [-0.15, -0.1) is 11.3 Å². The summed E-state index contributed by atoms with van der Waals surface area (Å²) >= 11 is 1.33. The first kappa shape index (κ1) is 22.0. The molecule has 0 aliphatic heterocycles. The summed E-state index contributed by atoms with van der Waals surface area (Å²) < 4.78 is 1.70. The maximum Gasteiger partial charge on any atom is 0.269 e. The highest BCUT2D eigenvalue weighted by Gasteiger charge is 2.25. The molecule has 3 aromatic rings. The maximum absolute atomic E-state index is 12.9. The van der Waals surface area contributed by atoms with Crippen molar-refractivity contribution < 1.29 is 14.5 Å². The second-order valence-electron chi connectivity index (χ2n) is 7.48. The number of nitrogens with two attached hydrogens (primary N) is 1. The van der Waals surface area contributed by atoms with Gasteiger partial charge in [-0.05, 0) is 61.6 Å². The van der Waals surface area contributed by atoms with Crippen LogP contribution in [0.2, 0.25) is 0 Å². The SMILES string of the molecule is N#CC(=Cc1cccn1-c1ccc([N+](=O)[O-])cc1)C(=O)Nc1sc2c(c1C(N)=O)CCCC2. The molecular formula is C23H19N5O4S. The zero-order valence-corrected chi connectivity index (χ0v) is 18.2. The van der Waals surface area contributed by atoms with Crippen molar-refractivity contribution in [3.05, 3.63) is 80.0 Å². The number of hydrogen-bond acceptors (Lipinski definition) is 6. The molecule has 2 aromatic heterocycles. The van der Waals surface area contributed by atoms with Crippen molar-refractivity contribution >= 4 is 39.9 Å². The zero-order chi connectivity index (χ0) is 23.5. The standard InChI is InChI=1S/C23H19N5O4S/c24-13-14(12-17-4-3-11-27(17)15-7-9-16(10-8-15)28(31)32)22(30)26-23-20(21(25)29)18-5-1-2-6-19(18)33-23/h3-4,7-12H,1-2,5-6H2,(H2,25,29)(H,26,30). The van der Waals surface area contributed by atoms with Gasteiger partial charge in [0, 0.05) is 34.6 Å². The molecule has 3 N–H and O–H groups in total. The Morgan fingerprint density at radius 3 is 2.61 bits per heavy atom. The molecule has 0 bridgehead atoms. The van der Waals surface area contributed by atoms with Crippen molar-refractivity contribution in [2.75, 3.05) is 5.32 Å². The predicted molar refractivity (Wildman–Crippen MR) is 124 cm³/mol. The molecule has 0 fully saturated rings.